The Morgan fingerprint density at radius 2 is 1.12 bits per heavy atom. The van der Waals surface area contributed by atoms with E-state index in [4.69, 9.17) is 9.97 Å². The molecule has 9 rings (SSSR count). The van der Waals surface area contributed by atoms with E-state index >= 15 is 0 Å². The number of fused-ring (bicyclic) bond motifs is 1. The number of pyridine rings is 2. The Hall–Kier alpha value is -7.11. The quantitative estimate of drug-likeness (QED) is 0.149. The van der Waals surface area contributed by atoms with Crippen molar-refractivity contribution in [3.8, 4) is 67.5 Å². The van der Waals surface area contributed by atoms with Crippen LogP contribution in [0.1, 0.15) is 101 Å². The summed E-state index contributed by atoms with van der Waals surface area (Å²) in [5.41, 5.74) is 17.7. The third kappa shape index (κ3) is 8.03. The third-order valence-electron chi connectivity index (χ3n) is 12.6. The van der Waals surface area contributed by atoms with E-state index in [2.05, 4.69) is 198 Å². The van der Waals surface area contributed by atoms with Gasteiger partial charge in [-0.05, 0) is 134 Å². The van der Waals surface area contributed by atoms with Crippen molar-refractivity contribution < 1.29 is 5.11 Å². The van der Waals surface area contributed by atoms with Crippen LogP contribution in [0.2, 0.25) is 0 Å². The van der Waals surface area contributed by atoms with E-state index in [9.17, 15) is 5.11 Å². The topological polar surface area (TPSA) is 63.8 Å². The van der Waals surface area contributed by atoms with E-state index in [1.807, 2.05) is 36.8 Å². The summed E-state index contributed by atoms with van der Waals surface area (Å²) in [6.07, 6.45) is 5.64. The van der Waals surface area contributed by atoms with Gasteiger partial charge in [0.05, 0.1) is 28.0 Å². The Morgan fingerprint density at radius 1 is 0.516 bits per heavy atom. The molecule has 64 heavy (non-hydrogen) atoms. The van der Waals surface area contributed by atoms with Crippen LogP contribution in [0.5, 0.6) is 5.75 Å². The molecule has 318 valence electrons. The zero-order valence-corrected chi connectivity index (χ0v) is 38.1. The predicted octanol–water partition coefficient (Wildman–Crippen LogP) is 15.6. The minimum absolute atomic E-state index is 0.0775. The van der Waals surface area contributed by atoms with Gasteiger partial charge in [0.25, 0.3) is 0 Å². The molecule has 0 aliphatic rings. The number of hydrogen-bond acceptors (Lipinski definition) is 4. The van der Waals surface area contributed by atoms with Gasteiger partial charge in [-0.1, -0.05) is 146 Å². The molecular weight excluding hydrogens is 781 g/mol. The van der Waals surface area contributed by atoms with Crippen LogP contribution >= 0.6 is 0 Å². The molecular formula is C59H56N4O. The molecule has 0 spiro atoms. The van der Waals surface area contributed by atoms with Crippen LogP contribution in [-0.2, 0) is 5.41 Å². The maximum atomic E-state index is 12.3. The highest BCUT2D eigenvalue weighted by molar-refractivity contribution is 5.97. The van der Waals surface area contributed by atoms with Crippen LogP contribution in [-0.4, -0.2) is 24.6 Å². The lowest BCUT2D eigenvalue weighted by Crippen LogP contribution is -2.12. The zero-order chi connectivity index (χ0) is 44.7. The number of aromatic nitrogens is 4. The van der Waals surface area contributed by atoms with Gasteiger partial charge in [-0.15, -0.1) is 0 Å². The lowest BCUT2D eigenvalue weighted by Gasteiger charge is -2.25. The van der Waals surface area contributed by atoms with E-state index in [0.29, 0.717) is 11.4 Å². The Bertz CT molecular complexity index is 3080. The molecule has 0 radical (unpaired) electrons. The summed E-state index contributed by atoms with van der Waals surface area (Å²) in [6.45, 7) is 17.8. The summed E-state index contributed by atoms with van der Waals surface area (Å²) >= 11 is 0. The van der Waals surface area contributed by atoms with Crippen molar-refractivity contribution in [2.45, 2.75) is 78.6 Å². The standard InChI is InChI=1S/C59H56N4O/c1-37(2)50-34-45(42-19-13-10-14-20-42)35-51(38(3)4)56(50)63-54-24-16-21-48(55(54)62-58(63)49-22-15-23-52(57(49)64)59(6,7)8)46-31-44(39(5)40-25-28-60-29-26-40)32-47(33-46)53-36-43(27-30-61-53)41-17-11-9-12-18-41/h9-39,64H,1-8H3. The average Bonchev–Trinajstić information content (AvgIpc) is 3.70. The molecule has 0 amide bonds. The fraction of sp³-hybridized carbons (Fsp3) is 0.203. The minimum Gasteiger partial charge on any atom is -0.507 e. The summed E-state index contributed by atoms with van der Waals surface area (Å²) in [4.78, 5) is 15.0. The Balaban J connectivity index is 1.35. The van der Waals surface area contributed by atoms with Crippen LogP contribution in [0.4, 0.5) is 0 Å². The molecule has 6 aromatic carbocycles. The zero-order valence-electron chi connectivity index (χ0n) is 38.1. The molecule has 0 aliphatic heterocycles. The number of nitrogens with zero attached hydrogens (tertiary/aromatic N) is 4. The molecule has 5 nitrogen and oxygen atoms in total. The van der Waals surface area contributed by atoms with E-state index in [1.165, 1.54) is 33.4 Å². The Kier molecular flexibility index (Phi) is 11.4. The van der Waals surface area contributed by atoms with Crippen LogP contribution in [0.25, 0.3) is 72.7 Å². The van der Waals surface area contributed by atoms with Crippen molar-refractivity contribution in [1.29, 1.82) is 0 Å². The molecule has 1 atom stereocenters. The normalized spacial score (nSPS) is 12.3. The van der Waals surface area contributed by atoms with Crippen LogP contribution < -0.4 is 0 Å². The Labute approximate surface area is 378 Å². The van der Waals surface area contributed by atoms with Crippen molar-refractivity contribution in [2.24, 2.45) is 0 Å². The van der Waals surface area contributed by atoms with Crippen LogP contribution in [0.15, 0.2) is 170 Å². The second kappa shape index (κ2) is 17.2. The maximum absolute atomic E-state index is 12.3. The number of phenols is 1. The summed E-state index contributed by atoms with van der Waals surface area (Å²) in [5.74, 6) is 1.42. The highest BCUT2D eigenvalue weighted by atomic mass is 16.3. The molecule has 3 aromatic heterocycles. The number of imidazole rings is 1. The first-order valence-electron chi connectivity index (χ1n) is 22.5. The maximum Gasteiger partial charge on any atom is 0.149 e. The first kappa shape index (κ1) is 42.2. The smallest absolute Gasteiger partial charge is 0.149 e. The van der Waals surface area contributed by atoms with E-state index < -0.39 is 0 Å². The second-order valence-electron chi connectivity index (χ2n) is 18.7. The fourth-order valence-electron chi connectivity index (χ4n) is 9.13. The van der Waals surface area contributed by atoms with Gasteiger partial charge in [-0.3, -0.25) is 14.5 Å². The lowest BCUT2D eigenvalue weighted by molar-refractivity contribution is 0.448. The number of rotatable bonds is 10. The first-order chi connectivity index (χ1) is 30.9. The van der Waals surface area contributed by atoms with E-state index in [0.717, 1.165) is 55.8 Å². The highest BCUT2D eigenvalue weighted by Crippen LogP contribution is 2.46. The minimum atomic E-state index is -0.292. The number of benzene rings is 6. The lowest BCUT2D eigenvalue weighted by atomic mass is 9.85. The van der Waals surface area contributed by atoms with Crippen molar-refractivity contribution in [3.63, 3.8) is 0 Å². The number of para-hydroxylation sites is 2. The summed E-state index contributed by atoms with van der Waals surface area (Å²) in [6, 6.07) is 53.8. The molecule has 9 aromatic rings. The monoisotopic (exact) mass is 836 g/mol. The molecule has 0 aliphatic carbocycles. The molecule has 0 bridgehead atoms. The molecule has 3 heterocycles. The summed E-state index contributed by atoms with van der Waals surface area (Å²) in [5, 5.41) is 12.3. The highest BCUT2D eigenvalue weighted by Gasteiger charge is 2.28. The van der Waals surface area contributed by atoms with Gasteiger partial charge in [0.2, 0.25) is 0 Å². The van der Waals surface area contributed by atoms with Gasteiger partial charge < -0.3 is 5.11 Å². The summed E-state index contributed by atoms with van der Waals surface area (Å²) < 4.78 is 2.34. The van der Waals surface area contributed by atoms with Gasteiger partial charge in [0.1, 0.15) is 11.6 Å². The van der Waals surface area contributed by atoms with Gasteiger partial charge in [0, 0.05) is 35.6 Å². The molecule has 1 N–H and O–H groups in total. The van der Waals surface area contributed by atoms with E-state index in [1.54, 1.807) is 0 Å². The molecule has 0 fully saturated rings. The first-order valence-corrected chi connectivity index (χ1v) is 22.5. The van der Waals surface area contributed by atoms with Crippen molar-refractivity contribution in [3.05, 3.63) is 198 Å². The van der Waals surface area contributed by atoms with E-state index in [-0.39, 0.29) is 28.9 Å². The SMILES string of the molecule is CC(C)c1cc(-c2ccccc2)cc(C(C)C)c1-n1c(-c2cccc(C(C)(C)C)c2O)nc2c(-c3cc(-c4cc(-c5ccccc5)ccn4)cc(C(C)c4ccncc4)c3)cccc21. The average molecular weight is 837 g/mol. The molecule has 5 heteroatoms. The molecule has 0 saturated heterocycles. The largest absolute Gasteiger partial charge is 0.507 e. The molecule has 1 unspecified atom stereocenters. The predicted molar refractivity (Wildman–Crippen MR) is 266 cm³/mol. The van der Waals surface area contributed by atoms with Crippen molar-refractivity contribution in [2.75, 3.05) is 0 Å². The van der Waals surface area contributed by atoms with Gasteiger partial charge in [-0.2, -0.15) is 0 Å². The number of hydrogen-bond donors (Lipinski definition) is 1. The van der Waals surface area contributed by atoms with Crippen molar-refractivity contribution >= 4 is 11.0 Å². The van der Waals surface area contributed by atoms with Crippen molar-refractivity contribution in [1.82, 2.24) is 19.5 Å². The Morgan fingerprint density at radius 3 is 1.77 bits per heavy atom. The van der Waals surface area contributed by atoms with Gasteiger partial charge in [0.15, 0.2) is 0 Å². The fourth-order valence-corrected chi connectivity index (χ4v) is 9.13. The number of aromatic hydroxyl groups is 1. The van der Waals surface area contributed by atoms with Crippen LogP contribution in [0, 0.1) is 0 Å². The molecule has 0 saturated carbocycles. The van der Waals surface area contributed by atoms with Gasteiger partial charge in [-0.25, -0.2) is 4.98 Å². The third-order valence-corrected chi connectivity index (χ3v) is 12.6. The summed E-state index contributed by atoms with van der Waals surface area (Å²) in [7, 11) is 0. The van der Waals surface area contributed by atoms with Crippen LogP contribution in [0.3, 0.4) is 0 Å². The second-order valence-corrected chi connectivity index (χ2v) is 18.7. The number of phenolic OH excluding ortho intramolecular Hbond substituents is 1. The van der Waals surface area contributed by atoms with Gasteiger partial charge >= 0.3 is 0 Å².